The minimum absolute atomic E-state index is 0.149. The van der Waals surface area contributed by atoms with Gasteiger partial charge in [-0.1, -0.05) is 48.6 Å². The lowest BCUT2D eigenvalue weighted by Gasteiger charge is -2.19. The fraction of sp³-hybridized carbons (Fsp3) is 0.261. The summed E-state index contributed by atoms with van der Waals surface area (Å²) in [7, 11) is 1.74. The number of imide groups is 1. The molecule has 28 heavy (non-hydrogen) atoms. The lowest BCUT2D eigenvalue weighted by Crippen LogP contribution is -2.31. The van der Waals surface area contributed by atoms with Gasteiger partial charge < -0.3 is 4.90 Å². The van der Waals surface area contributed by atoms with Crippen LogP contribution in [0.5, 0.6) is 0 Å². The van der Waals surface area contributed by atoms with Gasteiger partial charge in [-0.3, -0.25) is 19.3 Å². The largest absolute Gasteiger partial charge is 0.337 e. The number of anilines is 1. The van der Waals surface area contributed by atoms with E-state index in [-0.39, 0.29) is 29.6 Å². The van der Waals surface area contributed by atoms with Gasteiger partial charge >= 0.3 is 0 Å². The molecule has 0 radical (unpaired) electrons. The van der Waals surface area contributed by atoms with Crippen molar-refractivity contribution in [2.24, 2.45) is 11.8 Å². The molecule has 0 spiro atoms. The Kier molecular flexibility index (Phi) is 4.82. The molecule has 4 rings (SSSR count). The minimum atomic E-state index is -0.280. The zero-order chi connectivity index (χ0) is 19.7. The molecule has 0 N–H and O–H groups in total. The molecule has 0 bridgehead atoms. The van der Waals surface area contributed by atoms with Gasteiger partial charge in [0.05, 0.1) is 17.5 Å². The molecule has 2 aromatic carbocycles. The third kappa shape index (κ3) is 3.24. The van der Waals surface area contributed by atoms with Gasteiger partial charge in [0.2, 0.25) is 11.8 Å². The number of carbonyl (C=O) groups is 3. The number of fused-ring (bicyclic) bond motifs is 1. The Balaban J connectivity index is 1.55. The molecule has 1 saturated heterocycles. The number of amides is 3. The summed E-state index contributed by atoms with van der Waals surface area (Å²) < 4.78 is 0. The lowest BCUT2D eigenvalue weighted by molar-refractivity contribution is -0.122. The molecule has 0 unspecified atom stereocenters. The summed E-state index contributed by atoms with van der Waals surface area (Å²) >= 11 is 0. The highest BCUT2D eigenvalue weighted by Gasteiger charge is 2.47. The first-order chi connectivity index (χ1) is 13.6. The van der Waals surface area contributed by atoms with Gasteiger partial charge in [-0.15, -0.1) is 0 Å². The van der Waals surface area contributed by atoms with Crippen molar-refractivity contribution in [3.8, 4) is 0 Å². The van der Waals surface area contributed by atoms with E-state index in [1.165, 1.54) is 4.90 Å². The first kappa shape index (κ1) is 18.2. The van der Waals surface area contributed by atoms with Crippen molar-refractivity contribution < 1.29 is 14.4 Å². The fourth-order valence-electron chi connectivity index (χ4n) is 3.98. The average molecular weight is 374 g/mol. The standard InChI is InChI=1S/C23H22N2O3/c1-24(15-16-8-3-2-4-9-16)21(26)17-10-7-11-18(14-17)25-22(27)19-12-5-6-13-20(19)23(25)28/h2-11,14,19-20H,12-13,15H2,1H3/t19-,20-/m0/s1. The van der Waals surface area contributed by atoms with Crippen LogP contribution in [0.25, 0.3) is 0 Å². The van der Waals surface area contributed by atoms with Crippen LogP contribution >= 0.6 is 0 Å². The number of hydrogen-bond donors (Lipinski definition) is 0. The quantitative estimate of drug-likeness (QED) is 0.609. The third-order valence-corrected chi connectivity index (χ3v) is 5.47. The Labute approximate surface area is 164 Å². The predicted molar refractivity (Wildman–Crippen MR) is 107 cm³/mol. The molecule has 142 valence electrons. The maximum absolute atomic E-state index is 12.9. The number of carbonyl (C=O) groups excluding carboxylic acids is 3. The monoisotopic (exact) mass is 374 g/mol. The predicted octanol–water partition coefficient (Wildman–Crippen LogP) is 3.41. The zero-order valence-corrected chi connectivity index (χ0v) is 15.7. The molecule has 0 saturated carbocycles. The summed E-state index contributed by atoms with van der Waals surface area (Å²) in [5.74, 6) is -1.04. The average Bonchev–Trinajstić information content (AvgIpc) is 2.99. The molecule has 2 atom stereocenters. The van der Waals surface area contributed by atoms with Crippen LogP contribution in [0, 0.1) is 11.8 Å². The number of rotatable bonds is 4. The molecule has 0 aromatic heterocycles. The summed E-state index contributed by atoms with van der Waals surface area (Å²) in [5.41, 5.74) is 1.98. The number of allylic oxidation sites excluding steroid dienone is 2. The first-order valence-electron chi connectivity index (χ1n) is 9.48. The Hall–Kier alpha value is -3.21. The molecule has 5 nitrogen and oxygen atoms in total. The van der Waals surface area contributed by atoms with E-state index in [1.807, 2.05) is 42.5 Å². The normalized spacial score (nSPS) is 21.0. The molecule has 1 fully saturated rings. The highest BCUT2D eigenvalue weighted by Crippen LogP contribution is 2.37. The van der Waals surface area contributed by atoms with Crippen LogP contribution < -0.4 is 4.90 Å². The molecule has 2 aliphatic rings. The summed E-state index contributed by atoms with van der Waals surface area (Å²) in [4.78, 5) is 41.3. The summed E-state index contributed by atoms with van der Waals surface area (Å²) in [6, 6.07) is 16.5. The van der Waals surface area contributed by atoms with Gasteiger partial charge in [-0.25, -0.2) is 0 Å². The summed E-state index contributed by atoms with van der Waals surface area (Å²) in [6.45, 7) is 0.487. The Bertz CT molecular complexity index is 925. The highest BCUT2D eigenvalue weighted by atomic mass is 16.2. The van der Waals surface area contributed by atoms with Gasteiger partial charge in [0.1, 0.15) is 0 Å². The third-order valence-electron chi connectivity index (χ3n) is 5.47. The SMILES string of the molecule is CN(Cc1ccccc1)C(=O)c1cccc(N2C(=O)[C@H]3CC=CC[C@@H]3C2=O)c1. The van der Waals surface area contributed by atoms with Crippen molar-refractivity contribution in [1.29, 1.82) is 0 Å². The second-order valence-corrected chi connectivity index (χ2v) is 7.36. The van der Waals surface area contributed by atoms with Crippen LogP contribution in [0.1, 0.15) is 28.8 Å². The molecule has 1 aliphatic heterocycles. The van der Waals surface area contributed by atoms with Gasteiger partial charge in [0.25, 0.3) is 5.91 Å². The van der Waals surface area contributed by atoms with Gasteiger partial charge in [0.15, 0.2) is 0 Å². The summed E-state index contributed by atoms with van der Waals surface area (Å²) in [5, 5.41) is 0. The fourth-order valence-corrected chi connectivity index (χ4v) is 3.98. The molecule has 1 heterocycles. The van der Waals surface area contributed by atoms with Crippen molar-refractivity contribution in [1.82, 2.24) is 4.90 Å². The Morgan fingerprint density at radius 1 is 0.964 bits per heavy atom. The highest BCUT2D eigenvalue weighted by molar-refractivity contribution is 6.22. The van der Waals surface area contributed by atoms with E-state index in [0.29, 0.717) is 30.6 Å². The maximum Gasteiger partial charge on any atom is 0.253 e. The van der Waals surface area contributed by atoms with E-state index in [9.17, 15) is 14.4 Å². The topological polar surface area (TPSA) is 57.7 Å². The van der Waals surface area contributed by atoms with Crippen LogP contribution in [-0.2, 0) is 16.1 Å². The van der Waals surface area contributed by atoms with E-state index < -0.39 is 0 Å². The molecule has 1 aliphatic carbocycles. The van der Waals surface area contributed by atoms with Crippen LogP contribution in [0.2, 0.25) is 0 Å². The zero-order valence-electron chi connectivity index (χ0n) is 15.7. The molecule has 3 amide bonds. The Morgan fingerprint density at radius 2 is 1.61 bits per heavy atom. The molecular weight excluding hydrogens is 352 g/mol. The second-order valence-electron chi connectivity index (χ2n) is 7.36. The minimum Gasteiger partial charge on any atom is -0.337 e. The van der Waals surface area contributed by atoms with Crippen LogP contribution in [0.15, 0.2) is 66.7 Å². The van der Waals surface area contributed by atoms with Crippen molar-refractivity contribution >= 4 is 23.4 Å². The molecular formula is C23H22N2O3. The van der Waals surface area contributed by atoms with Gasteiger partial charge in [0, 0.05) is 19.2 Å². The number of hydrogen-bond acceptors (Lipinski definition) is 3. The second kappa shape index (κ2) is 7.43. The van der Waals surface area contributed by atoms with E-state index >= 15 is 0 Å². The number of benzene rings is 2. The Morgan fingerprint density at radius 3 is 2.25 bits per heavy atom. The van der Waals surface area contributed by atoms with E-state index in [0.717, 1.165) is 5.56 Å². The lowest BCUT2D eigenvalue weighted by atomic mass is 9.85. The smallest absolute Gasteiger partial charge is 0.253 e. The van der Waals surface area contributed by atoms with Crippen LogP contribution in [0.4, 0.5) is 5.69 Å². The first-order valence-corrected chi connectivity index (χ1v) is 9.48. The van der Waals surface area contributed by atoms with Gasteiger partial charge in [-0.05, 0) is 36.6 Å². The molecule has 5 heteroatoms. The maximum atomic E-state index is 12.9. The van der Waals surface area contributed by atoms with Crippen molar-refractivity contribution in [2.75, 3.05) is 11.9 Å². The number of nitrogens with zero attached hydrogens (tertiary/aromatic N) is 2. The van der Waals surface area contributed by atoms with Crippen molar-refractivity contribution in [2.45, 2.75) is 19.4 Å². The van der Waals surface area contributed by atoms with Crippen LogP contribution in [0.3, 0.4) is 0 Å². The van der Waals surface area contributed by atoms with Crippen LogP contribution in [-0.4, -0.2) is 29.7 Å². The van der Waals surface area contributed by atoms with Gasteiger partial charge in [-0.2, -0.15) is 0 Å². The van der Waals surface area contributed by atoms with E-state index in [1.54, 1.807) is 36.2 Å². The van der Waals surface area contributed by atoms with E-state index in [2.05, 4.69) is 0 Å². The van der Waals surface area contributed by atoms with Crippen molar-refractivity contribution in [3.05, 3.63) is 77.9 Å². The van der Waals surface area contributed by atoms with Crippen molar-refractivity contribution in [3.63, 3.8) is 0 Å². The molecule has 2 aromatic rings. The summed E-state index contributed by atoms with van der Waals surface area (Å²) in [6.07, 6.45) is 5.14. The van der Waals surface area contributed by atoms with E-state index in [4.69, 9.17) is 0 Å².